The second-order valence-electron chi connectivity index (χ2n) is 4.87. The molecule has 1 N–H and O–H groups in total. The molecule has 92 valence electrons. The van der Waals surface area contributed by atoms with E-state index >= 15 is 0 Å². The number of nitrogens with zero attached hydrogens (tertiary/aromatic N) is 2. The molecule has 3 nitrogen and oxygen atoms in total. The first-order valence-corrected chi connectivity index (χ1v) is 7.93. The fourth-order valence-electron chi connectivity index (χ4n) is 2.54. The second-order valence-corrected chi connectivity index (χ2v) is 7.15. The number of hydrogen-bond donors (Lipinski definition) is 1. The van der Waals surface area contributed by atoms with Crippen molar-refractivity contribution in [2.75, 3.05) is 5.75 Å². The van der Waals surface area contributed by atoms with Crippen molar-refractivity contribution in [2.24, 2.45) is 4.99 Å². The van der Waals surface area contributed by atoms with Gasteiger partial charge in [0, 0.05) is 22.4 Å². The normalized spacial score (nSPS) is 24.6. The van der Waals surface area contributed by atoms with Crippen LogP contribution in [0, 0.1) is 6.92 Å². The molecule has 0 amide bonds. The lowest BCUT2D eigenvalue weighted by Crippen LogP contribution is -2.40. The van der Waals surface area contributed by atoms with Crippen LogP contribution in [0.3, 0.4) is 0 Å². The molecule has 0 unspecified atom stereocenters. The summed E-state index contributed by atoms with van der Waals surface area (Å²) < 4.78 is 0. The van der Waals surface area contributed by atoms with Gasteiger partial charge in [0.05, 0.1) is 11.6 Å². The fraction of sp³-hybridized carbons (Fsp3) is 0.667. The molecule has 0 radical (unpaired) electrons. The molecule has 1 aromatic rings. The van der Waals surface area contributed by atoms with E-state index in [4.69, 9.17) is 0 Å². The van der Waals surface area contributed by atoms with Crippen LogP contribution in [0.5, 0.6) is 0 Å². The summed E-state index contributed by atoms with van der Waals surface area (Å²) in [6.45, 7) is 2.81. The summed E-state index contributed by atoms with van der Waals surface area (Å²) in [6.07, 6.45) is 7.32. The predicted octanol–water partition coefficient (Wildman–Crippen LogP) is 2.96. The van der Waals surface area contributed by atoms with Gasteiger partial charge in [-0.05, 0) is 19.8 Å². The lowest BCUT2D eigenvalue weighted by molar-refractivity contribution is 0.452. The molecule has 3 rings (SSSR count). The highest BCUT2D eigenvalue weighted by Gasteiger charge is 2.39. The molecule has 1 aliphatic carbocycles. The van der Waals surface area contributed by atoms with Crippen LogP contribution < -0.4 is 5.32 Å². The van der Waals surface area contributed by atoms with Crippen LogP contribution in [0.1, 0.15) is 35.6 Å². The molecule has 1 saturated heterocycles. The van der Waals surface area contributed by atoms with E-state index in [2.05, 4.69) is 15.3 Å². The molecule has 0 bridgehead atoms. The predicted molar refractivity (Wildman–Crippen MR) is 74.8 cm³/mol. The first-order chi connectivity index (χ1) is 8.26. The Balaban J connectivity index is 1.62. The lowest BCUT2D eigenvalue weighted by atomic mass is 10.0. The molecule has 2 fully saturated rings. The van der Waals surface area contributed by atoms with Gasteiger partial charge in [-0.25, -0.2) is 4.98 Å². The minimum absolute atomic E-state index is 0.382. The molecule has 17 heavy (non-hydrogen) atoms. The Hall–Kier alpha value is -0.550. The molecular weight excluding hydrogens is 250 g/mol. The minimum atomic E-state index is 0.382. The van der Waals surface area contributed by atoms with Crippen molar-refractivity contribution in [3.8, 4) is 0 Å². The monoisotopic (exact) mass is 267 g/mol. The molecular formula is C12H17N3S2. The van der Waals surface area contributed by atoms with Gasteiger partial charge in [0.15, 0.2) is 5.17 Å². The van der Waals surface area contributed by atoms with E-state index in [1.807, 2.05) is 24.9 Å². The van der Waals surface area contributed by atoms with Gasteiger partial charge < -0.3 is 5.32 Å². The summed E-state index contributed by atoms with van der Waals surface area (Å²) in [5.41, 5.74) is 0.382. The van der Waals surface area contributed by atoms with E-state index in [0.717, 1.165) is 16.7 Å². The third kappa shape index (κ3) is 2.50. The first kappa shape index (κ1) is 11.5. The molecule has 0 aromatic carbocycles. The number of aromatic nitrogens is 1. The van der Waals surface area contributed by atoms with Gasteiger partial charge in [0.1, 0.15) is 0 Å². The summed E-state index contributed by atoms with van der Waals surface area (Å²) in [5, 5.41) is 5.90. The topological polar surface area (TPSA) is 37.3 Å². The summed E-state index contributed by atoms with van der Waals surface area (Å²) in [7, 11) is 0. The summed E-state index contributed by atoms with van der Waals surface area (Å²) >= 11 is 3.63. The zero-order valence-electron chi connectivity index (χ0n) is 10.0. The van der Waals surface area contributed by atoms with Crippen LogP contribution >= 0.6 is 23.1 Å². The summed E-state index contributed by atoms with van der Waals surface area (Å²) in [4.78, 5) is 10.2. The largest absolute Gasteiger partial charge is 0.359 e. The average molecular weight is 267 g/mol. The maximum Gasteiger partial charge on any atom is 0.157 e. The van der Waals surface area contributed by atoms with Gasteiger partial charge in [0.2, 0.25) is 0 Å². The maximum atomic E-state index is 4.66. The Labute approximate surface area is 110 Å². The van der Waals surface area contributed by atoms with E-state index in [1.54, 1.807) is 11.3 Å². The SMILES string of the molecule is Cc1ncc(CN=C2NC3(CCCC3)CS2)s1. The van der Waals surface area contributed by atoms with Crippen LogP contribution in [0.25, 0.3) is 0 Å². The molecule has 2 aliphatic rings. The maximum absolute atomic E-state index is 4.66. The highest BCUT2D eigenvalue weighted by Crippen LogP contribution is 2.37. The minimum Gasteiger partial charge on any atom is -0.359 e. The van der Waals surface area contributed by atoms with Crippen molar-refractivity contribution in [1.82, 2.24) is 10.3 Å². The summed E-state index contributed by atoms with van der Waals surface area (Å²) in [6, 6.07) is 0. The Kier molecular flexibility index (Phi) is 3.13. The molecule has 2 heterocycles. The number of aryl methyl sites for hydroxylation is 1. The van der Waals surface area contributed by atoms with E-state index in [9.17, 15) is 0 Å². The lowest BCUT2D eigenvalue weighted by Gasteiger charge is -2.21. The van der Waals surface area contributed by atoms with Crippen molar-refractivity contribution < 1.29 is 0 Å². The van der Waals surface area contributed by atoms with Crippen LogP contribution in [-0.2, 0) is 6.54 Å². The van der Waals surface area contributed by atoms with E-state index in [0.29, 0.717) is 5.54 Å². The van der Waals surface area contributed by atoms with E-state index in [1.165, 1.54) is 36.3 Å². The zero-order valence-corrected chi connectivity index (χ0v) is 11.7. The number of thioether (sulfide) groups is 1. The quantitative estimate of drug-likeness (QED) is 0.895. The standard InChI is InChI=1S/C12H17N3S2/c1-9-13-6-10(17-9)7-14-11-15-12(8-16-11)4-2-3-5-12/h6H,2-5,7-8H2,1H3,(H,14,15). The van der Waals surface area contributed by atoms with Gasteiger partial charge >= 0.3 is 0 Å². The van der Waals surface area contributed by atoms with E-state index < -0.39 is 0 Å². The number of nitrogens with one attached hydrogen (secondary N) is 1. The van der Waals surface area contributed by atoms with Crippen LogP contribution in [0.15, 0.2) is 11.2 Å². The zero-order chi connectivity index (χ0) is 11.7. The smallest absolute Gasteiger partial charge is 0.157 e. The second kappa shape index (κ2) is 4.61. The molecule has 1 spiro atoms. The van der Waals surface area contributed by atoms with Gasteiger partial charge in [-0.3, -0.25) is 4.99 Å². The van der Waals surface area contributed by atoms with Crippen LogP contribution in [0.4, 0.5) is 0 Å². The van der Waals surface area contributed by atoms with Crippen molar-refractivity contribution >= 4 is 28.3 Å². The van der Waals surface area contributed by atoms with Gasteiger partial charge in [-0.15, -0.1) is 11.3 Å². The van der Waals surface area contributed by atoms with Gasteiger partial charge in [0.25, 0.3) is 0 Å². The average Bonchev–Trinajstić information content (AvgIpc) is 3.01. The molecule has 5 heteroatoms. The number of amidine groups is 1. The molecule has 0 atom stereocenters. The Bertz CT molecular complexity index is 433. The number of hydrogen-bond acceptors (Lipinski definition) is 4. The van der Waals surface area contributed by atoms with Gasteiger partial charge in [-0.1, -0.05) is 24.6 Å². The number of aliphatic imine (C=N–C) groups is 1. The Morgan fingerprint density at radius 1 is 1.47 bits per heavy atom. The molecule has 1 aromatic heterocycles. The van der Waals surface area contributed by atoms with E-state index in [-0.39, 0.29) is 0 Å². The Morgan fingerprint density at radius 2 is 2.29 bits per heavy atom. The van der Waals surface area contributed by atoms with Crippen molar-refractivity contribution in [3.05, 3.63) is 16.1 Å². The number of rotatable bonds is 2. The third-order valence-corrected chi connectivity index (χ3v) is 5.56. The van der Waals surface area contributed by atoms with Crippen molar-refractivity contribution in [3.63, 3.8) is 0 Å². The molecule has 1 aliphatic heterocycles. The van der Waals surface area contributed by atoms with Crippen LogP contribution in [-0.4, -0.2) is 21.4 Å². The third-order valence-electron chi connectivity index (χ3n) is 3.47. The van der Waals surface area contributed by atoms with Crippen LogP contribution in [0.2, 0.25) is 0 Å². The summed E-state index contributed by atoms with van der Waals surface area (Å²) in [5.74, 6) is 1.20. The Morgan fingerprint density at radius 3 is 3.00 bits per heavy atom. The molecule has 1 saturated carbocycles. The van der Waals surface area contributed by atoms with Crippen molar-refractivity contribution in [2.45, 2.75) is 44.7 Å². The highest BCUT2D eigenvalue weighted by molar-refractivity contribution is 8.14. The first-order valence-electron chi connectivity index (χ1n) is 6.13. The number of thiazole rings is 1. The highest BCUT2D eigenvalue weighted by atomic mass is 32.2. The fourth-order valence-corrected chi connectivity index (χ4v) is 4.48. The van der Waals surface area contributed by atoms with Crippen molar-refractivity contribution in [1.29, 1.82) is 0 Å². The van der Waals surface area contributed by atoms with Gasteiger partial charge in [-0.2, -0.15) is 0 Å².